The smallest absolute Gasteiger partial charge is 0.475 e. The number of carboxylic acid groups (broad SMARTS) is 1. The summed E-state index contributed by atoms with van der Waals surface area (Å²) in [7, 11) is 0. The number of aliphatic carboxylic acids is 1. The highest BCUT2D eigenvalue weighted by Crippen LogP contribution is 2.37. The molecule has 0 radical (unpaired) electrons. The Morgan fingerprint density at radius 1 is 1.32 bits per heavy atom. The lowest BCUT2D eigenvalue weighted by atomic mass is 9.78. The van der Waals surface area contributed by atoms with Crippen molar-refractivity contribution in [1.29, 1.82) is 0 Å². The number of rotatable bonds is 1. The molecule has 7 nitrogen and oxygen atoms in total. The third-order valence-corrected chi connectivity index (χ3v) is 4.30. The summed E-state index contributed by atoms with van der Waals surface area (Å²) in [6, 6.07) is 3.96. The van der Waals surface area contributed by atoms with Crippen molar-refractivity contribution in [1.82, 2.24) is 15.5 Å². The van der Waals surface area contributed by atoms with E-state index in [-0.39, 0.29) is 11.3 Å². The molecule has 1 aromatic heterocycles. The van der Waals surface area contributed by atoms with Crippen LogP contribution in [0.5, 0.6) is 0 Å². The van der Waals surface area contributed by atoms with E-state index in [4.69, 9.17) is 9.90 Å². The van der Waals surface area contributed by atoms with Gasteiger partial charge in [-0.2, -0.15) is 18.3 Å². The summed E-state index contributed by atoms with van der Waals surface area (Å²) >= 11 is 0. The Bertz CT molecular complexity index is 636. The summed E-state index contributed by atoms with van der Waals surface area (Å²) in [5, 5.41) is 18.4. The summed E-state index contributed by atoms with van der Waals surface area (Å²) in [4.78, 5) is 23.1. The molecule has 2 fully saturated rings. The first-order valence-electron chi connectivity index (χ1n) is 7.78. The number of halogens is 3. The molecule has 1 atom stereocenters. The molecule has 1 spiro atoms. The van der Waals surface area contributed by atoms with E-state index in [0.717, 1.165) is 50.4 Å². The minimum Gasteiger partial charge on any atom is -0.475 e. The average molecular weight is 360 g/mol. The van der Waals surface area contributed by atoms with Crippen molar-refractivity contribution in [2.24, 2.45) is 5.41 Å². The summed E-state index contributed by atoms with van der Waals surface area (Å²) in [6.07, 6.45) is -2.10. The first-order chi connectivity index (χ1) is 11.6. The van der Waals surface area contributed by atoms with Gasteiger partial charge in [0.1, 0.15) is 0 Å². The van der Waals surface area contributed by atoms with Gasteiger partial charge in [-0.1, -0.05) is 0 Å². The minimum atomic E-state index is -5.08. The normalized spacial score (nSPS) is 23.0. The van der Waals surface area contributed by atoms with E-state index in [1.807, 2.05) is 19.1 Å². The second-order valence-corrected chi connectivity index (χ2v) is 6.15. The lowest BCUT2D eigenvalue weighted by Gasteiger charge is -2.38. The van der Waals surface area contributed by atoms with Gasteiger partial charge in [0.05, 0.1) is 11.1 Å². The van der Waals surface area contributed by atoms with Crippen LogP contribution in [0.25, 0.3) is 0 Å². The van der Waals surface area contributed by atoms with Gasteiger partial charge in [0.2, 0.25) is 5.91 Å². The number of nitrogens with one attached hydrogen (secondary N) is 1. The summed E-state index contributed by atoms with van der Waals surface area (Å²) in [6.45, 7) is 4.48. The number of aromatic nitrogens is 2. The van der Waals surface area contributed by atoms with Crippen LogP contribution in [0.3, 0.4) is 0 Å². The monoisotopic (exact) mass is 360 g/mol. The van der Waals surface area contributed by atoms with Crippen LogP contribution in [0.1, 0.15) is 25.0 Å². The third-order valence-electron chi connectivity index (χ3n) is 4.30. The summed E-state index contributed by atoms with van der Waals surface area (Å²) in [5.74, 6) is -1.65. The fourth-order valence-electron chi connectivity index (χ4n) is 2.99. The topological polar surface area (TPSA) is 95.4 Å². The van der Waals surface area contributed by atoms with Crippen LogP contribution in [0.2, 0.25) is 0 Å². The largest absolute Gasteiger partial charge is 0.490 e. The Hall–Kier alpha value is -2.39. The van der Waals surface area contributed by atoms with Crippen molar-refractivity contribution in [3.63, 3.8) is 0 Å². The molecule has 10 heteroatoms. The molecule has 138 valence electrons. The quantitative estimate of drug-likeness (QED) is 0.789. The number of hydrogen-bond donors (Lipinski definition) is 2. The maximum absolute atomic E-state index is 12.0. The van der Waals surface area contributed by atoms with Crippen molar-refractivity contribution in [2.75, 3.05) is 24.5 Å². The third kappa shape index (κ3) is 4.58. The first-order valence-corrected chi connectivity index (χ1v) is 7.78. The van der Waals surface area contributed by atoms with Crippen LogP contribution in [0, 0.1) is 12.3 Å². The van der Waals surface area contributed by atoms with Gasteiger partial charge in [-0.05, 0) is 38.3 Å². The highest BCUT2D eigenvalue weighted by molar-refractivity contribution is 5.85. The molecule has 1 amide bonds. The number of piperidine rings is 1. The number of carbonyl (C=O) groups excluding carboxylic acids is 1. The van der Waals surface area contributed by atoms with Gasteiger partial charge in [0.25, 0.3) is 0 Å². The SMILES string of the molecule is Cc1ccc(N2CCCC3(CCNC3=O)C2)nn1.O=C(O)C(F)(F)F. The van der Waals surface area contributed by atoms with E-state index in [1.165, 1.54) is 0 Å². The van der Waals surface area contributed by atoms with E-state index in [1.54, 1.807) is 0 Å². The van der Waals surface area contributed by atoms with Crippen LogP contribution in [0.4, 0.5) is 19.0 Å². The molecule has 3 heterocycles. The molecule has 0 bridgehead atoms. The zero-order chi connectivity index (χ0) is 18.7. The Morgan fingerprint density at radius 2 is 2.00 bits per heavy atom. The number of carboxylic acids is 1. The standard InChI is InChI=1S/C13H18N4O.C2HF3O2/c1-10-3-4-11(16-15-10)17-8-2-5-13(9-17)6-7-14-12(13)18;3-2(4,5)1(6)7/h3-4H,2,5-9H2,1H3,(H,14,18);(H,6,7). The van der Waals surface area contributed by atoms with Crippen LogP contribution in [0.15, 0.2) is 12.1 Å². The van der Waals surface area contributed by atoms with Gasteiger partial charge in [0, 0.05) is 19.6 Å². The number of carbonyl (C=O) groups is 2. The number of hydrogen-bond acceptors (Lipinski definition) is 5. The number of anilines is 1. The highest BCUT2D eigenvalue weighted by Gasteiger charge is 2.45. The van der Waals surface area contributed by atoms with Crippen molar-refractivity contribution in [3.8, 4) is 0 Å². The van der Waals surface area contributed by atoms with Crippen molar-refractivity contribution >= 4 is 17.7 Å². The van der Waals surface area contributed by atoms with Gasteiger partial charge < -0.3 is 15.3 Å². The van der Waals surface area contributed by atoms with Crippen LogP contribution in [-0.4, -0.2) is 53.0 Å². The molecule has 2 saturated heterocycles. The van der Waals surface area contributed by atoms with E-state index >= 15 is 0 Å². The molecule has 0 saturated carbocycles. The number of alkyl halides is 3. The van der Waals surface area contributed by atoms with Gasteiger partial charge in [-0.3, -0.25) is 4.79 Å². The lowest BCUT2D eigenvalue weighted by Crippen LogP contribution is -2.47. The molecular formula is C15H19F3N4O3. The Balaban J connectivity index is 0.000000277. The Kier molecular flexibility index (Phi) is 5.48. The lowest BCUT2D eigenvalue weighted by molar-refractivity contribution is -0.192. The van der Waals surface area contributed by atoms with Crippen molar-refractivity contribution in [3.05, 3.63) is 17.8 Å². The number of amides is 1. The van der Waals surface area contributed by atoms with Gasteiger partial charge >= 0.3 is 12.1 Å². The Labute approximate surface area is 142 Å². The average Bonchev–Trinajstić information content (AvgIpc) is 2.88. The van der Waals surface area contributed by atoms with E-state index < -0.39 is 12.1 Å². The highest BCUT2D eigenvalue weighted by atomic mass is 19.4. The molecule has 0 aromatic carbocycles. The fourth-order valence-corrected chi connectivity index (χ4v) is 2.99. The maximum Gasteiger partial charge on any atom is 0.490 e. The van der Waals surface area contributed by atoms with Gasteiger partial charge in [-0.15, -0.1) is 5.10 Å². The Morgan fingerprint density at radius 3 is 2.48 bits per heavy atom. The zero-order valence-electron chi connectivity index (χ0n) is 13.6. The van der Waals surface area contributed by atoms with Gasteiger partial charge in [0.15, 0.2) is 5.82 Å². The van der Waals surface area contributed by atoms with Gasteiger partial charge in [-0.25, -0.2) is 4.79 Å². The number of nitrogens with zero attached hydrogens (tertiary/aromatic N) is 3. The van der Waals surface area contributed by atoms with Crippen LogP contribution in [-0.2, 0) is 9.59 Å². The summed E-state index contributed by atoms with van der Waals surface area (Å²) in [5.41, 5.74) is 0.731. The number of aryl methyl sites for hydroxylation is 1. The molecule has 2 N–H and O–H groups in total. The summed E-state index contributed by atoms with van der Waals surface area (Å²) < 4.78 is 31.7. The molecule has 2 aliphatic rings. The minimum absolute atomic E-state index is 0.190. The predicted octanol–water partition coefficient (Wildman–Crippen LogP) is 1.52. The fraction of sp³-hybridized carbons (Fsp3) is 0.600. The second-order valence-electron chi connectivity index (χ2n) is 6.15. The molecule has 2 aliphatic heterocycles. The molecule has 3 rings (SSSR count). The molecule has 25 heavy (non-hydrogen) atoms. The molecule has 1 aromatic rings. The predicted molar refractivity (Wildman–Crippen MR) is 82.0 cm³/mol. The zero-order valence-corrected chi connectivity index (χ0v) is 13.6. The molecule has 1 unspecified atom stereocenters. The van der Waals surface area contributed by atoms with Crippen molar-refractivity contribution < 1.29 is 27.9 Å². The maximum atomic E-state index is 12.0. The molecular weight excluding hydrogens is 341 g/mol. The van der Waals surface area contributed by atoms with Crippen molar-refractivity contribution in [2.45, 2.75) is 32.4 Å². The second kappa shape index (κ2) is 7.24. The van der Waals surface area contributed by atoms with E-state index in [2.05, 4.69) is 20.4 Å². The van der Waals surface area contributed by atoms with E-state index in [0.29, 0.717) is 0 Å². The van der Waals surface area contributed by atoms with E-state index in [9.17, 15) is 18.0 Å². The van der Waals surface area contributed by atoms with Crippen LogP contribution >= 0.6 is 0 Å². The molecule has 0 aliphatic carbocycles. The first kappa shape index (κ1) is 18.9. The van der Waals surface area contributed by atoms with Crippen LogP contribution < -0.4 is 10.2 Å².